The van der Waals surface area contributed by atoms with Crippen LogP contribution in [0.4, 0.5) is 0 Å². The molecule has 0 amide bonds. The van der Waals surface area contributed by atoms with Gasteiger partial charge in [-0.2, -0.15) is 5.26 Å². The molecule has 1 saturated heterocycles. The molecule has 1 aliphatic heterocycles. The second kappa shape index (κ2) is 9.30. The number of nitrogens with zero attached hydrogens (tertiary/aromatic N) is 2. The molecule has 0 unspecified atom stereocenters. The van der Waals surface area contributed by atoms with Crippen molar-refractivity contribution in [2.24, 2.45) is 0 Å². The number of pyridine rings is 1. The fraction of sp³-hybridized carbons (Fsp3) is 0.250. The Morgan fingerprint density at radius 1 is 0.906 bits per heavy atom. The molecule has 4 rings (SSSR count). The highest BCUT2D eigenvalue weighted by Crippen LogP contribution is 2.37. The van der Waals surface area contributed by atoms with Gasteiger partial charge in [0.25, 0.3) is 0 Å². The number of aliphatic hydroxyl groups is 4. The van der Waals surface area contributed by atoms with Crippen molar-refractivity contribution in [1.82, 2.24) is 4.57 Å². The molecule has 0 saturated carbocycles. The third-order valence-electron chi connectivity index (χ3n) is 5.63. The van der Waals surface area contributed by atoms with Crippen molar-refractivity contribution in [1.29, 1.82) is 5.26 Å². The smallest absolute Gasteiger partial charge is 0.164 e. The quantitative estimate of drug-likeness (QED) is 0.451. The van der Waals surface area contributed by atoms with E-state index in [1.54, 1.807) is 6.07 Å². The van der Waals surface area contributed by atoms with Crippen LogP contribution in [-0.2, 0) is 4.74 Å². The van der Waals surface area contributed by atoms with E-state index in [-0.39, 0.29) is 10.2 Å². The molecule has 164 valence electrons. The van der Waals surface area contributed by atoms with E-state index in [2.05, 4.69) is 6.07 Å². The van der Waals surface area contributed by atoms with Crippen LogP contribution < -0.4 is 0 Å². The lowest BCUT2D eigenvalue weighted by Crippen LogP contribution is -2.56. The summed E-state index contributed by atoms with van der Waals surface area (Å²) in [6.45, 7) is -0.567. The van der Waals surface area contributed by atoms with Gasteiger partial charge in [-0.05, 0) is 17.2 Å². The molecule has 0 bridgehead atoms. The second-order valence-corrected chi connectivity index (χ2v) is 7.94. The Morgan fingerprint density at radius 2 is 1.50 bits per heavy atom. The van der Waals surface area contributed by atoms with E-state index < -0.39 is 37.3 Å². The molecular formula is C24H22N2O5S. The molecule has 0 aliphatic carbocycles. The van der Waals surface area contributed by atoms with Gasteiger partial charge in [0, 0.05) is 5.56 Å². The van der Waals surface area contributed by atoms with Crippen LogP contribution in [-0.4, -0.2) is 56.0 Å². The lowest BCUT2D eigenvalue weighted by atomic mass is 9.95. The number of benzene rings is 2. The average molecular weight is 451 g/mol. The summed E-state index contributed by atoms with van der Waals surface area (Å²) in [5.74, 6) is 0. The molecule has 2 heterocycles. The zero-order valence-corrected chi connectivity index (χ0v) is 17.8. The van der Waals surface area contributed by atoms with Crippen LogP contribution in [0.2, 0.25) is 0 Å². The lowest BCUT2D eigenvalue weighted by molar-refractivity contribution is -0.251. The van der Waals surface area contributed by atoms with Gasteiger partial charge in [-0.25, -0.2) is 0 Å². The summed E-state index contributed by atoms with van der Waals surface area (Å²) < 4.78 is 7.36. The normalized spacial score (nSPS) is 25.3. The fourth-order valence-corrected chi connectivity index (χ4v) is 4.31. The summed E-state index contributed by atoms with van der Waals surface area (Å²) in [5.41, 5.74) is 2.93. The third kappa shape index (κ3) is 3.87. The maximum atomic E-state index is 10.8. The Morgan fingerprint density at radius 3 is 2.06 bits per heavy atom. The maximum absolute atomic E-state index is 10.8. The standard InChI is InChI=1S/C24H22N2O5S/c25-12-17-16(14-7-3-1-4-8-14)11-18(15-9-5-2-6-10-15)26(24(17)32)23-22(30)21(29)20(28)19(13-27)31-23/h1-11,19-23,27-30H,13H2/t19-,20+,21+,22-,23-/m1/s1. The molecule has 3 aromatic rings. The SMILES string of the molecule is N#Cc1c(-c2ccccc2)cc(-c2ccccc2)n([C@@H]2O[C@H](CO)[C@H](O)[C@H](O)[C@H]2O)c1=S. The Balaban J connectivity index is 2.00. The van der Waals surface area contributed by atoms with Crippen molar-refractivity contribution in [2.75, 3.05) is 6.61 Å². The molecule has 8 heteroatoms. The Labute approximate surface area is 190 Å². The molecule has 0 spiro atoms. The van der Waals surface area contributed by atoms with Gasteiger partial charge >= 0.3 is 0 Å². The largest absolute Gasteiger partial charge is 0.394 e. The second-order valence-electron chi connectivity index (χ2n) is 7.56. The first-order chi connectivity index (χ1) is 15.5. The molecule has 1 aliphatic rings. The van der Waals surface area contributed by atoms with Gasteiger partial charge in [0.15, 0.2) is 6.23 Å². The van der Waals surface area contributed by atoms with Crippen molar-refractivity contribution >= 4 is 12.2 Å². The third-order valence-corrected chi connectivity index (χ3v) is 6.03. The Hall–Kier alpha value is -2.90. The molecule has 7 nitrogen and oxygen atoms in total. The number of hydrogen-bond donors (Lipinski definition) is 4. The van der Waals surface area contributed by atoms with Crippen LogP contribution in [0, 0.1) is 16.0 Å². The molecule has 4 N–H and O–H groups in total. The minimum absolute atomic E-state index is 0.108. The van der Waals surface area contributed by atoms with Crippen LogP contribution in [0.5, 0.6) is 0 Å². The summed E-state index contributed by atoms with van der Waals surface area (Å²) in [6, 6.07) is 22.5. The van der Waals surface area contributed by atoms with Gasteiger partial charge in [-0.1, -0.05) is 72.9 Å². The summed E-state index contributed by atoms with van der Waals surface area (Å²) in [7, 11) is 0. The van der Waals surface area contributed by atoms with Gasteiger partial charge < -0.3 is 29.7 Å². The minimum Gasteiger partial charge on any atom is -0.394 e. The van der Waals surface area contributed by atoms with E-state index >= 15 is 0 Å². The van der Waals surface area contributed by atoms with E-state index in [9.17, 15) is 25.7 Å². The van der Waals surface area contributed by atoms with E-state index in [1.807, 2.05) is 60.7 Å². The molecule has 0 radical (unpaired) electrons. The molecule has 5 atom stereocenters. The monoisotopic (exact) mass is 450 g/mol. The van der Waals surface area contributed by atoms with Gasteiger partial charge in [0.1, 0.15) is 35.1 Å². The molecule has 32 heavy (non-hydrogen) atoms. The zero-order chi connectivity index (χ0) is 22.8. The summed E-state index contributed by atoms with van der Waals surface area (Å²) in [5, 5.41) is 50.8. The van der Waals surface area contributed by atoms with Crippen LogP contribution in [0.1, 0.15) is 11.8 Å². The highest BCUT2D eigenvalue weighted by molar-refractivity contribution is 7.71. The van der Waals surface area contributed by atoms with Crippen molar-refractivity contribution < 1.29 is 25.2 Å². The molecular weight excluding hydrogens is 428 g/mol. The maximum Gasteiger partial charge on any atom is 0.164 e. The van der Waals surface area contributed by atoms with Gasteiger partial charge in [-0.15, -0.1) is 0 Å². The van der Waals surface area contributed by atoms with Crippen LogP contribution in [0.25, 0.3) is 22.4 Å². The highest BCUT2D eigenvalue weighted by Gasteiger charge is 2.45. The highest BCUT2D eigenvalue weighted by atomic mass is 32.1. The zero-order valence-electron chi connectivity index (χ0n) is 16.9. The summed E-state index contributed by atoms with van der Waals surface area (Å²) in [4.78, 5) is 0. The van der Waals surface area contributed by atoms with Crippen LogP contribution in [0.3, 0.4) is 0 Å². The number of aliphatic hydroxyl groups excluding tert-OH is 4. The van der Waals surface area contributed by atoms with Crippen molar-refractivity contribution in [3.05, 3.63) is 76.9 Å². The van der Waals surface area contributed by atoms with E-state index in [0.29, 0.717) is 11.3 Å². The topological polar surface area (TPSA) is 119 Å². The number of hydrogen-bond acceptors (Lipinski definition) is 7. The number of nitriles is 1. The number of aromatic nitrogens is 1. The first-order valence-corrected chi connectivity index (χ1v) is 10.5. The van der Waals surface area contributed by atoms with Crippen molar-refractivity contribution in [3.8, 4) is 28.5 Å². The molecule has 1 aromatic heterocycles. The van der Waals surface area contributed by atoms with Gasteiger partial charge in [0.05, 0.1) is 17.9 Å². The Bertz CT molecular complexity index is 1190. The van der Waals surface area contributed by atoms with Gasteiger partial charge in [-0.3, -0.25) is 0 Å². The Kier molecular flexibility index (Phi) is 6.48. The van der Waals surface area contributed by atoms with Crippen molar-refractivity contribution in [2.45, 2.75) is 30.6 Å². The number of rotatable bonds is 4. The lowest BCUT2D eigenvalue weighted by Gasteiger charge is -2.41. The predicted molar refractivity (Wildman–Crippen MR) is 120 cm³/mol. The average Bonchev–Trinajstić information content (AvgIpc) is 2.84. The van der Waals surface area contributed by atoms with E-state index in [1.165, 1.54) is 4.57 Å². The summed E-state index contributed by atoms with van der Waals surface area (Å²) >= 11 is 5.69. The predicted octanol–water partition coefficient (Wildman–Crippen LogP) is 2.40. The summed E-state index contributed by atoms with van der Waals surface area (Å²) in [6.07, 6.45) is -6.96. The van der Waals surface area contributed by atoms with Crippen LogP contribution >= 0.6 is 12.2 Å². The van der Waals surface area contributed by atoms with E-state index in [4.69, 9.17) is 17.0 Å². The first kappa shape index (κ1) is 22.3. The number of ether oxygens (including phenoxy) is 1. The minimum atomic E-state index is -1.57. The van der Waals surface area contributed by atoms with Crippen molar-refractivity contribution in [3.63, 3.8) is 0 Å². The molecule has 1 fully saturated rings. The van der Waals surface area contributed by atoms with Crippen LogP contribution in [0.15, 0.2) is 66.7 Å². The molecule has 2 aromatic carbocycles. The van der Waals surface area contributed by atoms with Gasteiger partial charge in [0.2, 0.25) is 0 Å². The first-order valence-electron chi connectivity index (χ1n) is 10.1. The fourth-order valence-electron chi connectivity index (χ4n) is 3.96. The van der Waals surface area contributed by atoms with E-state index in [0.717, 1.165) is 11.1 Å².